The Morgan fingerprint density at radius 3 is 2.85 bits per heavy atom. The van der Waals surface area contributed by atoms with Crippen molar-refractivity contribution in [2.45, 2.75) is 0 Å². The zero-order valence-corrected chi connectivity index (χ0v) is 11.2. The molecule has 20 heavy (non-hydrogen) atoms. The van der Waals surface area contributed by atoms with Gasteiger partial charge in [0.05, 0.1) is 24.1 Å². The maximum atomic E-state index is 11.9. The molecule has 104 valence electrons. The second kappa shape index (κ2) is 7.20. The maximum Gasteiger partial charge on any atom is 0.258 e. The summed E-state index contributed by atoms with van der Waals surface area (Å²) in [5.41, 5.74) is 1.37. The molecule has 2 heterocycles. The van der Waals surface area contributed by atoms with Crippen LogP contribution in [0.3, 0.4) is 0 Å². The zero-order chi connectivity index (χ0) is 14.2. The van der Waals surface area contributed by atoms with Gasteiger partial charge in [-0.1, -0.05) is 0 Å². The highest BCUT2D eigenvalue weighted by Crippen LogP contribution is 2.10. The molecule has 0 fully saturated rings. The summed E-state index contributed by atoms with van der Waals surface area (Å²) in [6.45, 7) is 1.33. The molecule has 0 unspecified atom stereocenters. The second-order valence-corrected chi connectivity index (χ2v) is 4.05. The van der Waals surface area contributed by atoms with Gasteiger partial charge in [0.2, 0.25) is 0 Å². The Morgan fingerprint density at radius 2 is 2.20 bits per heavy atom. The Hall–Kier alpha value is -2.47. The summed E-state index contributed by atoms with van der Waals surface area (Å²) in [6, 6.07) is 7.00. The number of rotatable bonds is 6. The standard InChI is InChI=1S/C14H16N4O2/c1-20-8-7-16-12-4-5-13(17-10-12)18-14(19)11-3-2-6-15-9-11/h2-6,9-10,16H,7-8H2,1H3,(H,17,18,19). The van der Waals surface area contributed by atoms with Gasteiger partial charge in [-0.25, -0.2) is 4.98 Å². The van der Waals surface area contributed by atoms with E-state index in [1.54, 1.807) is 37.7 Å². The third-order valence-electron chi connectivity index (χ3n) is 2.56. The molecule has 0 bridgehead atoms. The van der Waals surface area contributed by atoms with Crippen LogP contribution in [0.4, 0.5) is 11.5 Å². The first-order valence-electron chi connectivity index (χ1n) is 6.20. The van der Waals surface area contributed by atoms with E-state index < -0.39 is 0 Å². The fourth-order valence-corrected chi connectivity index (χ4v) is 1.56. The number of hydrogen-bond acceptors (Lipinski definition) is 5. The van der Waals surface area contributed by atoms with Gasteiger partial charge < -0.3 is 15.4 Å². The van der Waals surface area contributed by atoms with Gasteiger partial charge in [0.1, 0.15) is 5.82 Å². The topological polar surface area (TPSA) is 76.1 Å². The quantitative estimate of drug-likeness (QED) is 0.784. The van der Waals surface area contributed by atoms with Crippen molar-refractivity contribution >= 4 is 17.4 Å². The lowest BCUT2D eigenvalue weighted by Gasteiger charge is -2.07. The highest BCUT2D eigenvalue weighted by Gasteiger charge is 2.06. The third-order valence-corrected chi connectivity index (χ3v) is 2.56. The van der Waals surface area contributed by atoms with Crippen molar-refractivity contribution in [3.63, 3.8) is 0 Å². The van der Waals surface area contributed by atoms with Crippen molar-refractivity contribution in [1.29, 1.82) is 0 Å². The predicted octanol–water partition coefficient (Wildman–Crippen LogP) is 1.79. The van der Waals surface area contributed by atoms with Crippen LogP contribution in [0.25, 0.3) is 0 Å². The SMILES string of the molecule is COCCNc1ccc(NC(=O)c2cccnc2)nc1. The summed E-state index contributed by atoms with van der Waals surface area (Å²) < 4.78 is 4.94. The molecule has 2 aromatic rings. The van der Waals surface area contributed by atoms with E-state index in [0.717, 1.165) is 5.69 Å². The van der Waals surface area contributed by atoms with Crippen LogP contribution >= 0.6 is 0 Å². The number of anilines is 2. The van der Waals surface area contributed by atoms with Crippen LogP contribution < -0.4 is 10.6 Å². The Morgan fingerprint density at radius 1 is 1.30 bits per heavy atom. The maximum absolute atomic E-state index is 11.9. The van der Waals surface area contributed by atoms with Crippen molar-refractivity contribution in [3.8, 4) is 0 Å². The van der Waals surface area contributed by atoms with Crippen molar-refractivity contribution in [1.82, 2.24) is 9.97 Å². The highest BCUT2D eigenvalue weighted by molar-refractivity contribution is 6.03. The molecule has 0 spiro atoms. The van der Waals surface area contributed by atoms with Crippen molar-refractivity contribution < 1.29 is 9.53 Å². The number of carbonyl (C=O) groups is 1. The van der Waals surface area contributed by atoms with Gasteiger partial charge in [-0.15, -0.1) is 0 Å². The number of methoxy groups -OCH3 is 1. The van der Waals surface area contributed by atoms with E-state index in [4.69, 9.17) is 4.74 Å². The third kappa shape index (κ3) is 4.03. The highest BCUT2D eigenvalue weighted by atomic mass is 16.5. The molecule has 0 aliphatic carbocycles. The molecular formula is C14H16N4O2. The number of pyridine rings is 2. The second-order valence-electron chi connectivity index (χ2n) is 4.05. The van der Waals surface area contributed by atoms with Crippen LogP contribution in [0.2, 0.25) is 0 Å². The lowest BCUT2D eigenvalue weighted by molar-refractivity contribution is 0.102. The summed E-state index contributed by atoms with van der Waals surface area (Å²) in [4.78, 5) is 20.0. The summed E-state index contributed by atoms with van der Waals surface area (Å²) in [5, 5.41) is 5.86. The number of ether oxygens (including phenoxy) is 1. The van der Waals surface area contributed by atoms with Crippen LogP contribution in [0.1, 0.15) is 10.4 Å². The zero-order valence-electron chi connectivity index (χ0n) is 11.2. The molecule has 1 amide bonds. The molecule has 2 N–H and O–H groups in total. The molecule has 2 rings (SSSR count). The summed E-state index contributed by atoms with van der Waals surface area (Å²) in [5.74, 6) is 0.266. The summed E-state index contributed by atoms with van der Waals surface area (Å²) in [7, 11) is 1.65. The monoisotopic (exact) mass is 272 g/mol. The van der Waals surface area contributed by atoms with Crippen molar-refractivity contribution in [2.24, 2.45) is 0 Å². The molecule has 0 aliphatic rings. The molecule has 0 saturated heterocycles. The van der Waals surface area contributed by atoms with E-state index in [0.29, 0.717) is 24.5 Å². The fourth-order valence-electron chi connectivity index (χ4n) is 1.56. The summed E-state index contributed by atoms with van der Waals surface area (Å²) in [6.07, 6.45) is 4.79. The Labute approximate surface area is 117 Å². The number of nitrogens with zero attached hydrogens (tertiary/aromatic N) is 2. The Balaban J connectivity index is 1.92. The van der Waals surface area contributed by atoms with Crippen LogP contribution in [0.5, 0.6) is 0 Å². The Kier molecular flexibility index (Phi) is 5.02. The Bertz CT molecular complexity index is 543. The van der Waals surface area contributed by atoms with E-state index in [-0.39, 0.29) is 5.91 Å². The normalized spacial score (nSPS) is 10.1. The van der Waals surface area contributed by atoms with E-state index in [1.165, 1.54) is 6.20 Å². The van der Waals surface area contributed by atoms with E-state index >= 15 is 0 Å². The van der Waals surface area contributed by atoms with Gasteiger partial charge in [0, 0.05) is 26.0 Å². The van der Waals surface area contributed by atoms with Crippen molar-refractivity contribution in [3.05, 3.63) is 48.4 Å². The van der Waals surface area contributed by atoms with Gasteiger partial charge in [-0.2, -0.15) is 0 Å². The van der Waals surface area contributed by atoms with Crippen LogP contribution in [0.15, 0.2) is 42.9 Å². The minimum Gasteiger partial charge on any atom is -0.383 e. The first-order valence-corrected chi connectivity index (χ1v) is 6.20. The molecule has 0 aliphatic heterocycles. The van der Waals surface area contributed by atoms with E-state index in [9.17, 15) is 4.79 Å². The number of amides is 1. The minimum absolute atomic E-state index is 0.231. The minimum atomic E-state index is -0.231. The van der Waals surface area contributed by atoms with Crippen molar-refractivity contribution in [2.75, 3.05) is 30.9 Å². The van der Waals surface area contributed by atoms with Gasteiger partial charge in [0.15, 0.2) is 0 Å². The van der Waals surface area contributed by atoms with E-state index in [1.807, 2.05) is 6.07 Å². The first kappa shape index (κ1) is 14.0. The molecule has 2 aromatic heterocycles. The number of hydrogen-bond donors (Lipinski definition) is 2. The van der Waals surface area contributed by atoms with Gasteiger partial charge >= 0.3 is 0 Å². The lowest BCUT2D eigenvalue weighted by Crippen LogP contribution is -2.13. The average Bonchev–Trinajstić information content (AvgIpc) is 2.50. The molecule has 0 atom stereocenters. The van der Waals surface area contributed by atoms with Crippen LogP contribution in [-0.2, 0) is 4.74 Å². The molecule has 0 saturated carbocycles. The number of aromatic nitrogens is 2. The largest absolute Gasteiger partial charge is 0.383 e. The average molecular weight is 272 g/mol. The van der Waals surface area contributed by atoms with Gasteiger partial charge in [-0.3, -0.25) is 9.78 Å². The molecule has 6 nitrogen and oxygen atoms in total. The van der Waals surface area contributed by atoms with E-state index in [2.05, 4.69) is 20.6 Å². The number of nitrogens with one attached hydrogen (secondary N) is 2. The molecule has 6 heteroatoms. The molecule has 0 aromatic carbocycles. The van der Waals surface area contributed by atoms with Crippen LogP contribution in [-0.4, -0.2) is 36.1 Å². The first-order chi connectivity index (χ1) is 9.79. The smallest absolute Gasteiger partial charge is 0.258 e. The van der Waals surface area contributed by atoms with Gasteiger partial charge in [0.25, 0.3) is 5.91 Å². The van der Waals surface area contributed by atoms with Crippen LogP contribution in [0, 0.1) is 0 Å². The molecule has 0 radical (unpaired) electrons. The summed E-state index contributed by atoms with van der Waals surface area (Å²) >= 11 is 0. The predicted molar refractivity (Wildman–Crippen MR) is 76.8 cm³/mol. The fraction of sp³-hybridized carbons (Fsp3) is 0.214. The van der Waals surface area contributed by atoms with Gasteiger partial charge in [-0.05, 0) is 24.3 Å². The molecular weight excluding hydrogens is 256 g/mol. The number of carbonyl (C=O) groups excluding carboxylic acids is 1. The lowest BCUT2D eigenvalue weighted by atomic mass is 10.2.